The van der Waals surface area contributed by atoms with Gasteiger partial charge in [-0.25, -0.2) is 0 Å². The smallest absolute Gasteiger partial charge is 0.167 e. The third-order valence-electron chi connectivity index (χ3n) is 3.58. The first kappa shape index (κ1) is 12.7. The van der Waals surface area contributed by atoms with Crippen LogP contribution in [0.3, 0.4) is 0 Å². The van der Waals surface area contributed by atoms with E-state index in [1.807, 2.05) is 18.2 Å². The van der Waals surface area contributed by atoms with Gasteiger partial charge in [-0.3, -0.25) is 4.79 Å². The van der Waals surface area contributed by atoms with Gasteiger partial charge in [-0.05, 0) is 43.6 Å². The van der Waals surface area contributed by atoms with E-state index in [1.165, 1.54) is 0 Å². The molecule has 1 N–H and O–H groups in total. The van der Waals surface area contributed by atoms with E-state index in [1.54, 1.807) is 6.07 Å². The van der Waals surface area contributed by atoms with E-state index in [4.69, 9.17) is 16.3 Å². The Kier molecular flexibility index (Phi) is 3.58. The molecule has 100 valence electrons. The number of hydrogen-bond donors (Lipinski definition) is 1. The number of piperidine rings is 1. The molecule has 0 spiro atoms. The summed E-state index contributed by atoms with van der Waals surface area (Å²) >= 11 is 6.23. The third-order valence-corrected chi connectivity index (χ3v) is 3.88. The van der Waals surface area contributed by atoms with E-state index in [0.29, 0.717) is 22.8 Å². The molecule has 0 saturated carbocycles. The monoisotopic (exact) mass is 277 g/mol. The Bertz CT molecular complexity index is 533. The maximum absolute atomic E-state index is 11.8. The van der Waals surface area contributed by atoms with Crippen LogP contribution in [0.1, 0.15) is 35.2 Å². The zero-order valence-electron chi connectivity index (χ0n) is 10.6. The van der Waals surface area contributed by atoms with Crippen molar-refractivity contribution in [3.05, 3.63) is 34.4 Å². The Balaban J connectivity index is 1.86. The second-order valence-electron chi connectivity index (χ2n) is 4.97. The molecule has 0 radical (unpaired) electrons. The van der Waals surface area contributed by atoms with Crippen molar-refractivity contribution in [3.8, 4) is 5.75 Å². The van der Waals surface area contributed by atoms with E-state index in [9.17, 15) is 4.79 Å². The molecule has 1 aromatic carbocycles. The first-order chi connectivity index (χ1) is 9.24. The molecule has 1 aromatic rings. The number of ketones is 1. The first-order valence-corrected chi connectivity index (χ1v) is 7.02. The van der Waals surface area contributed by atoms with E-state index in [0.717, 1.165) is 31.5 Å². The lowest BCUT2D eigenvalue weighted by Gasteiger charge is -2.25. The van der Waals surface area contributed by atoms with E-state index < -0.39 is 0 Å². The van der Waals surface area contributed by atoms with Crippen molar-refractivity contribution >= 4 is 23.5 Å². The molecule has 2 aliphatic rings. The summed E-state index contributed by atoms with van der Waals surface area (Å²) in [5.74, 6) is 0.805. The molecule has 0 bridgehead atoms. The van der Waals surface area contributed by atoms with Crippen LogP contribution in [0.15, 0.2) is 18.2 Å². The number of hydrogen-bond acceptors (Lipinski definition) is 3. The molecule has 0 atom stereocenters. The minimum atomic E-state index is 0.118. The van der Waals surface area contributed by atoms with Gasteiger partial charge in [0.05, 0.1) is 5.02 Å². The summed E-state index contributed by atoms with van der Waals surface area (Å²) in [6.45, 7) is 1.96. The number of ether oxygens (including phenoxy) is 1. The lowest BCUT2D eigenvalue weighted by Crippen LogP contribution is -2.34. The minimum absolute atomic E-state index is 0.118. The fraction of sp³-hybridized carbons (Fsp3) is 0.400. The number of carbonyl (C=O) groups excluding carboxylic acids is 1. The molecule has 3 rings (SSSR count). The normalized spacial score (nSPS) is 19.3. The number of benzene rings is 1. The zero-order valence-corrected chi connectivity index (χ0v) is 11.4. The fourth-order valence-electron chi connectivity index (χ4n) is 2.53. The Hall–Kier alpha value is -1.32. The molecule has 19 heavy (non-hydrogen) atoms. The van der Waals surface area contributed by atoms with Crippen LogP contribution in [-0.4, -0.2) is 25.0 Å². The van der Waals surface area contributed by atoms with Crippen LogP contribution in [0.4, 0.5) is 0 Å². The van der Waals surface area contributed by atoms with Gasteiger partial charge >= 0.3 is 0 Å². The number of fused-ring (bicyclic) bond motifs is 1. The molecule has 0 amide bonds. The third kappa shape index (κ3) is 2.67. The zero-order chi connectivity index (χ0) is 13.2. The quantitative estimate of drug-likeness (QED) is 0.903. The maximum atomic E-state index is 11.8. The summed E-state index contributed by atoms with van der Waals surface area (Å²) in [5.41, 5.74) is 1.61. The average molecular weight is 278 g/mol. The maximum Gasteiger partial charge on any atom is 0.167 e. The van der Waals surface area contributed by atoms with Gasteiger partial charge in [0.15, 0.2) is 5.78 Å². The summed E-state index contributed by atoms with van der Waals surface area (Å²) < 4.78 is 5.97. The second kappa shape index (κ2) is 5.35. The minimum Gasteiger partial charge on any atom is -0.489 e. The van der Waals surface area contributed by atoms with Gasteiger partial charge in [0, 0.05) is 12.0 Å². The van der Waals surface area contributed by atoms with Gasteiger partial charge in [0.1, 0.15) is 11.9 Å². The summed E-state index contributed by atoms with van der Waals surface area (Å²) in [6.07, 6.45) is 6.48. The Morgan fingerprint density at radius 2 is 2.05 bits per heavy atom. The van der Waals surface area contributed by atoms with E-state index >= 15 is 0 Å². The van der Waals surface area contributed by atoms with E-state index in [2.05, 4.69) is 5.32 Å². The highest BCUT2D eigenvalue weighted by molar-refractivity contribution is 6.32. The van der Waals surface area contributed by atoms with E-state index in [-0.39, 0.29) is 11.9 Å². The molecule has 1 heterocycles. The van der Waals surface area contributed by atoms with Crippen molar-refractivity contribution in [1.82, 2.24) is 5.32 Å². The van der Waals surface area contributed by atoms with Crippen LogP contribution < -0.4 is 10.1 Å². The number of allylic oxidation sites excluding steroid dienone is 1. The van der Waals surface area contributed by atoms with Gasteiger partial charge in [-0.2, -0.15) is 0 Å². The number of rotatable bonds is 2. The number of halogens is 1. The SMILES string of the molecule is O=C1CC=Cc2cc(OC3CCNCC3)c(Cl)cc21. The van der Waals surface area contributed by atoms with Gasteiger partial charge in [-0.15, -0.1) is 0 Å². The van der Waals surface area contributed by atoms with Crippen LogP contribution in [0.2, 0.25) is 5.02 Å². The second-order valence-corrected chi connectivity index (χ2v) is 5.37. The summed E-state index contributed by atoms with van der Waals surface area (Å²) in [4.78, 5) is 11.8. The standard InChI is InChI=1S/C15H16ClNO2/c16-13-9-12-10(2-1-3-14(12)18)8-15(13)19-11-4-6-17-7-5-11/h1-2,8-9,11,17H,3-7H2. The molecule has 3 nitrogen and oxygen atoms in total. The van der Waals surface area contributed by atoms with Crippen LogP contribution in [0.25, 0.3) is 6.08 Å². The predicted octanol–water partition coefficient (Wildman–Crippen LogP) is 3.07. The Labute approximate surface area is 117 Å². The highest BCUT2D eigenvalue weighted by Gasteiger charge is 2.19. The fourth-order valence-corrected chi connectivity index (χ4v) is 2.74. The highest BCUT2D eigenvalue weighted by atomic mass is 35.5. The van der Waals surface area contributed by atoms with Crippen molar-refractivity contribution in [3.63, 3.8) is 0 Å². The summed E-state index contributed by atoms with van der Waals surface area (Å²) in [7, 11) is 0. The lowest BCUT2D eigenvalue weighted by molar-refractivity contribution is 0.0994. The van der Waals surface area contributed by atoms with Crippen molar-refractivity contribution < 1.29 is 9.53 Å². The van der Waals surface area contributed by atoms with Crippen molar-refractivity contribution in [2.45, 2.75) is 25.4 Å². The highest BCUT2D eigenvalue weighted by Crippen LogP contribution is 2.33. The number of Topliss-reactive ketones (excluding diaryl/α,β-unsaturated/α-hetero) is 1. The number of carbonyl (C=O) groups is 1. The molecule has 1 saturated heterocycles. The molecule has 1 aliphatic heterocycles. The number of nitrogens with one attached hydrogen (secondary N) is 1. The largest absolute Gasteiger partial charge is 0.489 e. The van der Waals surface area contributed by atoms with Gasteiger partial charge in [-0.1, -0.05) is 23.8 Å². The molecule has 0 unspecified atom stereocenters. The topological polar surface area (TPSA) is 38.3 Å². The first-order valence-electron chi connectivity index (χ1n) is 6.65. The predicted molar refractivity (Wildman–Crippen MR) is 76.0 cm³/mol. The molecule has 4 heteroatoms. The molecule has 1 aliphatic carbocycles. The van der Waals surface area contributed by atoms with Crippen LogP contribution in [0, 0.1) is 0 Å². The average Bonchev–Trinajstić information content (AvgIpc) is 2.42. The summed E-state index contributed by atoms with van der Waals surface area (Å²) in [5, 5.41) is 3.83. The molecule has 0 aromatic heterocycles. The Morgan fingerprint density at radius 3 is 2.84 bits per heavy atom. The summed E-state index contributed by atoms with van der Waals surface area (Å²) in [6, 6.07) is 3.62. The molecular weight excluding hydrogens is 262 g/mol. The van der Waals surface area contributed by atoms with Crippen molar-refractivity contribution in [1.29, 1.82) is 0 Å². The van der Waals surface area contributed by atoms with Gasteiger partial charge in [0.2, 0.25) is 0 Å². The van der Waals surface area contributed by atoms with Crippen molar-refractivity contribution in [2.24, 2.45) is 0 Å². The van der Waals surface area contributed by atoms with Gasteiger partial charge in [0.25, 0.3) is 0 Å². The molecular formula is C15H16ClNO2. The van der Waals surface area contributed by atoms with Crippen LogP contribution >= 0.6 is 11.6 Å². The van der Waals surface area contributed by atoms with Crippen LogP contribution in [-0.2, 0) is 0 Å². The van der Waals surface area contributed by atoms with Crippen LogP contribution in [0.5, 0.6) is 5.75 Å². The van der Waals surface area contributed by atoms with Crippen molar-refractivity contribution in [2.75, 3.05) is 13.1 Å². The van der Waals surface area contributed by atoms with Gasteiger partial charge < -0.3 is 10.1 Å². The molecule has 1 fully saturated rings. The Morgan fingerprint density at radius 1 is 1.26 bits per heavy atom. The lowest BCUT2D eigenvalue weighted by atomic mass is 9.96.